The Morgan fingerprint density at radius 3 is 2.39 bits per heavy atom. The number of hydrogen-bond donors (Lipinski definition) is 0. The van der Waals surface area contributed by atoms with Gasteiger partial charge in [-0.05, 0) is 12.1 Å². The van der Waals surface area contributed by atoms with E-state index in [0.717, 1.165) is 24.3 Å². The van der Waals surface area contributed by atoms with E-state index in [2.05, 4.69) is 4.98 Å². The van der Waals surface area contributed by atoms with Gasteiger partial charge >= 0.3 is 0 Å². The van der Waals surface area contributed by atoms with Crippen molar-refractivity contribution >= 4 is 17.3 Å². The van der Waals surface area contributed by atoms with E-state index in [1.807, 2.05) is 0 Å². The molecule has 0 radical (unpaired) electrons. The Bertz CT molecular complexity index is 614. The van der Waals surface area contributed by atoms with Crippen molar-refractivity contribution in [3.05, 3.63) is 57.2 Å². The third kappa shape index (κ3) is 2.28. The molecule has 0 atom stereocenters. The summed E-state index contributed by atoms with van der Waals surface area (Å²) in [5, 5.41) is 10.4. The van der Waals surface area contributed by atoms with E-state index in [-0.39, 0.29) is 16.5 Å². The normalized spacial score (nSPS) is 10.4. The van der Waals surface area contributed by atoms with Crippen LogP contribution in [-0.2, 0) is 0 Å². The van der Waals surface area contributed by atoms with Gasteiger partial charge < -0.3 is 0 Å². The van der Waals surface area contributed by atoms with E-state index in [4.69, 9.17) is 11.6 Å². The first-order valence-electron chi connectivity index (χ1n) is 4.75. The van der Waals surface area contributed by atoms with Gasteiger partial charge in [-0.25, -0.2) is 13.8 Å². The number of aromatic nitrogens is 1. The summed E-state index contributed by atoms with van der Waals surface area (Å²) >= 11 is 5.59. The second-order valence-corrected chi connectivity index (χ2v) is 3.77. The second-order valence-electron chi connectivity index (χ2n) is 3.39. The zero-order chi connectivity index (χ0) is 13.3. The number of rotatable bonds is 2. The van der Waals surface area contributed by atoms with Crippen molar-refractivity contribution in [1.29, 1.82) is 0 Å². The number of pyridine rings is 1. The van der Waals surface area contributed by atoms with Crippen molar-refractivity contribution in [2.75, 3.05) is 0 Å². The summed E-state index contributed by atoms with van der Waals surface area (Å²) in [5.74, 6) is -1.72. The molecule has 0 N–H and O–H groups in total. The van der Waals surface area contributed by atoms with Gasteiger partial charge in [0.1, 0.15) is 16.8 Å². The summed E-state index contributed by atoms with van der Waals surface area (Å²) in [6.45, 7) is 0. The van der Waals surface area contributed by atoms with Gasteiger partial charge in [-0.15, -0.1) is 0 Å². The van der Waals surface area contributed by atoms with Crippen LogP contribution in [0.1, 0.15) is 0 Å². The Labute approximate surface area is 105 Å². The molecule has 7 heteroatoms. The van der Waals surface area contributed by atoms with Gasteiger partial charge in [0.05, 0.1) is 22.2 Å². The molecule has 1 aromatic carbocycles. The SMILES string of the molecule is O=[N+]([O-])c1cc(Cl)nc(-c2c(F)cccc2F)c1. The molecule has 18 heavy (non-hydrogen) atoms. The average molecular weight is 271 g/mol. The fourth-order valence-electron chi connectivity index (χ4n) is 1.46. The largest absolute Gasteiger partial charge is 0.274 e. The third-order valence-electron chi connectivity index (χ3n) is 2.21. The van der Waals surface area contributed by atoms with Crippen LogP contribution in [0.2, 0.25) is 5.15 Å². The minimum atomic E-state index is -0.862. The van der Waals surface area contributed by atoms with Crippen LogP contribution in [0.25, 0.3) is 11.3 Å². The van der Waals surface area contributed by atoms with Crippen LogP contribution in [0.3, 0.4) is 0 Å². The van der Waals surface area contributed by atoms with Gasteiger partial charge in [0.15, 0.2) is 0 Å². The van der Waals surface area contributed by atoms with E-state index in [1.165, 1.54) is 6.07 Å². The lowest BCUT2D eigenvalue weighted by atomic mass is 10.1. The number of nitro groups is 1. The topological polar surface area (TPSA) is 56.0 Å². The number of hydrogen-bond acceptors (Lipinski definition) is 3. The van der Waals surface area contributed by atoms with Gasteiger partial charge in [0.25, 0.3) is 5.69 Å². The summed E-state index contributed by atoms with van der Waals surface area (Å²) < 4.78 is 27.0. The molecule has 2 rings (SSSR count). The van der Waals surface area contributed by atoms with Gasteiger partial charge in [-0.1, -0.05) is 17.7 Å². The predicted molar refractivity (Wildman–Crippen MR) is 61.3 cm³/mol. The fraction of sp³-hybridized carbons (Fsp3) is 0. The molecule has 4 nitrogen and oxygen atoms in total. The first-order valence-corrected chi connectivity index (χ1v) is 5.13. The Kier molecular flexibility index (Phi) is 3.20. The van der Waals surface area contributed by atoms with Crippen LogP contribution < -0.4 is 0 Å². The smallest absolute Gasteiger partial charge is 0.258 e. The zero-order valence-electron chi connectivity index (χ0n) is 8.73. The molecule has 92 valence electrons. The van der Waals surface area contributed by atoms with Crippen LogP contribution in [0.4, 0.5) is 14.5 Å². The molecule has 0 unspecified atom stereocenters. The molecule has 1 aromatic heterocycles. The van der Waals surface area contributed by atoms with E-state index in [1.54, 1.807) is 0 Å². The predicted octanol–water partition coefficient (Wildman–Crippen LogP) is 3.59. The van der Waals surface area contributed by atoms with Gasteiger partial charge in [0.2, 0.25) is 0 Å². The molecule has 2 aromatic rings. The summed E-state index contributed by atoms with van der Waals surface area (Å²) in [4.78, 5) is 13.6. The number of benzene rings is 1. The van der Waals surface area contributed by atoms with Crippen molar-refractivity contribution in [2.45, 2.75) is 0 Å². The fourth-order valence-corrected chi connectivity index (χ4v) is 1.66. The van der Waals surface area contributed by atoms with Crippen molar-refractivity contribution in [3.8, 4) is 11.3 Å². The van der Waals surface area contributed by atoms with Crippen molar-refractivity contribution in [1.82, 2.24) is 4.98 Å². The van der Waals surface area contributed by atoms with Crippen LogP contribution in [0.15, 0.2) is 30.3 Å². The number of nitrogens with zero attached hydrogens (tertiary/aromatic N) is 2. The summed E-state index contributed by atoms with van der Waals surface area (Å²) in [6, 6.07) is 5.23. The lowest BCUT2D eigenvalue weighted by Crippen LogP contribution is -1.95. The average Bonchev–Trinajstić information content (AvgIpc) is 2.28. The Morgan fingerprint density at radius 1 is 1.22 bits per heavy atom. The molecule has 0 saturated heterocycles. The van der Waals surface area contributed by atoms with Gasteiger partial charge in [0, 0.05) is 6.07 Å². The van der Waals surface area contributed by atoms with Crippen molar-refractivity contribution < 1.29 is 13.7 Å². The highest BCUT2D eigenvalue weighted by Crippen LogP contribution is 2.28. The Morgan fingerprint density at radius 2 is 1.83 bits per heavy atom. The molecule has 0 aliphatic rings. The Hall–Kier alpha value is -2.08. The minimum absolute atomic E-state index is 0.207. The lowest BCUT2D eigenvalue weighted by Gasteiger charge is -2.04. The standard InChI is InChI=1S/C11H5ClF2N2O2/c12-10-5-6(16(17)18)4-9(15-10)11-7(13)2-1-3-8(11)14/h1-5H. The minimum Gasteiger partial charge on any atom is -0.258 e. The maximum absolute atomic E-state index is 13.5. The monoisotopic (exact) mass is 270 g/mol. The Balaban J connectivity index is 2.68. The molecule has 0 spiro atoms. The molecular formula is C11H5ClF2N2O2. The molecule has 0 aliphatic heterocycles. The quantitative estimate of drug-likeness (QED) is 0.476. The van der Waals surface area contributed by atoms with Crippen molar-refractivity contribution in [3.63, 3.8) is 0 Å². The first-order chi connectivity index (χ1) is 8.49. The van der Waals surface area contributed by atoms with E-state index < -0.39 is 22.1 Å². The highest BCUT2D eigenvalue weighted by atomic mass is 35.5. The molecule has 0 bridgehead atoms. The summed E-state index contributed by atoms with van der Waals surface area (Å²) in [6.07, 6.45) is 0. The van der Waals surface area contributed by atoms with Crippen LogP contribution in [0.5, 0.6) is 0 Å². The highest BCUT2D eigenvalue weighted by molar-refractivity contribution is 6.29. The van der Waals surface area contributed by atoms with Crippen LogP contribution >= 0.6 is 11.6 Å². The van der Waals surface area contributed by atoms with Gasteiger partial charge in [-0.2, -0.15) is 0 Å². The summed E-state index contributed by atoms with van der Waals surface area (Å²) in [7, 11) is 0. The lowest BCUT2D eigenvalue weighted by molar-refractivity contribution is -0.384. The third-order valence-corrected chi connectivity index (χ3v) is 2.40. The molecule has 0 fully saturated rings. The second kappa shape index (κ2) is 4.66. The first kappa shape index (κ1) is 12.4. The molecule has 0 saturated carbocycles. The van der Waals surface area contributed by atoms with E-state index in [0.29, 0.717) is 0 Å². The number of halogens is 3. The van der Waals surface area contributed by atoms with Gasteiger partial charge in [-0.3, -0.25) is 10.1 Å². The van der Waals surface area contributed by atoms with E-state index in [9.17, 15) is 18.9 Å². The van der Waals surface area contributed by atoms with Crippen LogP contribution in [0, 0.1) is 21.7 Å². The highest BCUT2D eigenvalue weighted by Gasteiger charge is 2.17. The molecule has 0 aliphatic carbocycles. The van der Waals surface area contributed by atoms with E-state index >= 15 is 0 Å². The summed E-state index contributed by atoms with van der Waals surface area (Å²) in [5.41, 5.74) is -1.04. The van der Waals surface area contributed by atoms with Crippen molar-refractivity contribution in [2.24, 2.45) is 0 Å². The van der Waals surface area contributed by atoms with Crippen LogP contribution in [-0.4, -0.2) is 9.91 Å². The molecular weight excluding hydrogens is 266 g/mol. The molecule has 0 amide bonds. The maximum atomic E-state index is 13.5. The molecule has 1 heterocycles. The zero-order valence-corrected chi connectivity index (χ0v) is 9.49. The maximum Gasteiger partial charge on any atom is 0.274 e.